The molecule has 0 saturated heterocycles. The van der Waals surface area contributed by atoms with E-state index in [0.717, 1.165) is 24.9 Å². The summed E-state index contributed by atoms with van der Waals surface area (Å²) in [5.41, 5.74) is 13.3. The second kappa shape index (κ2) is 10.9. The summed E-state index contributed by atoms with van der Waals surface area (Å²) in [6.07, 6.45) is 16.0. The van der Waals surface area contributed by atoms with Crippen LogP contribution in [0.4, 0.5) is 0 Å². The van der Waals surface area contributed by atoms with Crippen LogP contribution < -0.4 is 5.73 Å². The van der Waals surface area contributed by atoms with E-state index in [0.29, 0.717) is 12.1 Å². The molecule has 174 valence electrons. The molecule has 1 heterocycles. The Morgan fingerprint density at radius 2 is 1.38 bits per heavy atom. The van der Waals surface area contributed by atoms with Gasteiger partial charge in [-0.1, -0.05) is 17.7 Å². The Balaban J connectivity index is 1.41. The Bertz CT molecular complexity index is 823. The predicted molar refractivity (Wildman–Crippen MR) is 134 cm³/mol. The lowest BCUT2D eigenvalue weighted by Crippen LogP contribution is -2.38. The third-order valence-electron chi connectivity index (χ3n) is 8.23. The molecule has 0 radical (unpaired) electrons. The highest BCUT2D eigenvalue weighted by molar-refractivity contribution is 5.37. The highest BCUT2D eigenvalue weighted by Crippen LogP contribution is 2.37. The lowest BCUT2D eigenvalue weighted by Gasteiger charge is -2.39. The topological polar surface area (TPSA) is 42.2 Å². The number of aryl methyl sites for hydroxylation is 3. The van der Waals surface area contributed by atoms with Crippen molar-refractivity contribution in [3.8, 4) is 0 Å². The zero-order valence-electron chi connectivity index (χ0n) is 20.5. The number of pyridine rings is 1. The standard InChI is InChI=1S/C29H43N3/c1-21-16-22(2)29(23(3)17-21)20-32(19-26-12-14-31-15-13-26)28-10-6-25(7-11-28)18-24-4-8-27(30)9-5-24/h12-17,24-25,27-28H,4-11,18-20,30H2,1-3H3. The molecule has 0 aliphatic heterocycles. The van der Waals surface area contributed by atoms with Gasteiger partial charge in [0, 0.05) is 37.6 Å². The second-order valence-electron chi connectivity index (χ2n) is 10.8. The molecular weight excluding hydrogens is 390 g/mol. The molecule has 1 aromatic carbocycles. The number of nitrogens with zero attached hydrogens (tertiary/aromatic N) is 2. The molecule has 0 atom stereocenters. The smallest absolute Gasteiger partial charge is 0.0271 e. The van der Waals surface area contributed by atoms with Crippen molar-refractivity contribution in [2.24, 2.45) is 17.6 Å². The summed E-state index contributed by atoms with van der Waals surface area (Å²) in [5, 5.41) is 0. The van der Waals surface area contributed by atoms with Crippen LogP contribution in [0.2, 0.25) is 0 Å². The first-order valence-electron chi connectivity index (χ1n) is 12.9. The summed E-state index contributed by atoms with van der Waals surface area (Å²) in [5.74, 6) is 1.86. The van der Waals surface area contributed by atoms with E-state index in [1.807, 2.05) is 12.4 Å². The molecule has 3 heteroatoms. The van der Waals surface area contributed by atoms with Crippen LogP contribution in [0.1, 0.15) is 85.6 Å². The fraction of sp³-hybridized carbons (Fsp3) is 0.621. The summed E-state index contributed by atoms with van der Waals surface area (Å²) in [6, 6.07) is 10.2. The number of benzene rings is 1. The maximum Gasteiger partial charge on any atom is 0.0271 e. The summed E-state index contributed by atoms with van der Waals surface area (Å²) in [6.45, 7) is 8.85. The largest absolute Gasteiger partial charge is 0.328 e. The Labute approximate surface area is 195 Å². The number of aromatic nitrogens is 1. The quantitative estimate of drug-likeness (QED) is 0.544. The molecule has 2 aliphatic rings. The van der Waals surface area contributed by atoms with Crippen molar-refractivity contribution in [1.29, 1.82) is 0 Å². The van der Waals surface area contributed by atoms with E-state index in [4.69, 9.17) is 5.73 Å². The fourth-order valence-corrected chi connectivity index (χ4v) is 6.34. The Hall–Kier alpha value is -1.71. The highest BCUT2D eigenvalue weighted by atomic mass is 15.2. The lowest BCUT2D eigenvalue weighted by atomic mass is 9.75. The summed E-state index contributed by atoms with van der Waals surface area (Å²) >= 11 is 0. The van der Waals surface area contributed by atoms with Crippen LogP contribution in [0.5, 0.6) is 0 Å². The van der Waals surface area contributed by atoms with Gasteiger partial charge in [0.25, 0.3) is 0 Å². The average Bonchev–Trinajstić information content (AvgIpc) is 2.78. The maximum atomic E-state index is 6.13. The molecule has 2 aromatic rings. The average molecular weight is 434 g/mol. The Morgan fingerprint density at radius 1 is 0.812 bits per heavy atom. The number of nitrogens with two attached hydrogens (primary N) is 1. The number of hydrogen-bond acceptors (Lipinski definition) is 3. The predicted octanol–water partition coefficient (Wildman–Crippen LogP) is 6.48. The van der Waals surface area contributed by atoms with E-state index in [1.54, 1.807) is 0 Å². The van der Waals surface area contributed by atoms with Crippen molar-refractivity contribution in [2.75, 3.05) is 0 Å². The van der Waals surface area contributed by atoms with Gasteiger partial charge in [-0.25, -0.2) is 0 Å². The highest BCUT2D eigenvalue weighted by Gasteiger charge is 2.29. The molecule has 1 aromatic heterocycles. The van der Waals surface area contributed by atoms with Crippen molar-refractivity contribution in [3.63, 3.8) is 0 Å². The summed E-state index contributed by atoms with van der Waals surface area (Å²) in [7, 11) is 0. The van der Waals surface area contributed by atoms with E-state index in [2.05, 4.69) is 54.9 Å². The van der Waals surface area contributed by atoms with Crippen LogP contribution in [0.15, 0.2) is 36.7 Å². The minimum absolute atomic E-state index is 0.470. The van der Waals surface area contributed by atoms with Gasteiger partial charge in [0.2, 0.25) is 0 Å². The lowest BCUT2D eigenvalue weighted by molar-refractivity contribution is 0.111. The van der Waals surface area contributed by atoms with Gasteiger partial charge < -0.3 is 5.73 Å². The van der Waals surface area contributed by atoms with Crippen molar-refractivity contribution >= 4 is 0 Å². The van der Waals surface area contributed by atoms with Gasteiger partial charge in [-0.05, 0) is 125 Å². The number of hydrogen-bond donors (Lipinski definition) is 1. The van der Waals surface area contributed by atoms with Crippen LogP contribution in [-0.2, 0) is 13.1 Å². The summed E-state index contributed by atoms with van der Waals surface area (Å²) < 4.78 is 0. The molecule has 4 rings (SSSR count). The Kier molecular flexibility index (Phi) is 8.02. The molecule has 0 amide bonds. The fourth-order valence-electron chi connectivity index (χ4n) is 6.34. The third-order valence-corrected chi connectivity index (χ3v) is 8.23. The number of rotatable bonds is 7. The van der Waals surface area contributed by atoms with Crippen LogP contribution in [0.3, 0.4) is 0 Å². The van der Waals surface area contributed by atoms with Gasteiger partial charge in [-0.2, -0.15) is 0 Å². The Morgan fingerprint density at radius 3 is 1.97 bits per heavy atom. The van der Waals surface area contributed by atoms with Crippen molar-refractivity contribution in [3.05, 3.63) is 64.5 Å². The normalized spacial score (nSPS) is 26.4. The van der Waals surface area contributed by atoms with Gasteiger partial charge in [0.1, 0.15) is 0 Å². The van der Waals surface area contributed by atoms with Crippen LogP contribution >= 0.6 is 0 Å². The maximum absolute atomic E-state index is 6.13. The van der Waals surface area contributed by atoms with Crippen molar-refractivity contribution < 1.29 is 0 Å². The van der Waals surface area contributed by atoms with Gasteiger partial charge in [-0.3, -0.25) is 9.88 Å². The van der Waals surface area contributed by atoms with Gasteiger partial charge in [-0.15, -0.1) is 0 Å². The molecular formula is C29H43N3. The molecule has 32 heavy (non-hydrogen) atoms. The molecule has 0 unspecified atom stereocenters. The molecule has 2 N–H and O–H groups in total. The molecule has 0 bridgehead atoms. The van der Waals surface area contributed by atoms with Crippen molar-refractivity contribution in [1.82, 2.24) is 9.88 Å². The SMILES string of the molecule is Cc1cc(C)c(CN(Cc2ccncc2)C2CCC(CC3CCC(N)CC3)CC2)c(C)c1. The third kappa shape index (κ3) is 6.20. The second-order valence-corrected chi connectivity index (χ2v) is 10.8. The van der Waals surface area contributed by atoms with Crippen molar-refractivity contribution in [2.45, 2.75) is 104 Å². The van der Waals surface area contributed by atoms with E-state index in [-0.39, 0.29) is 0 Å². The molecule has 2 saturated carbocycles. The monoisotopic (exact) mass is 433 g/mol. The first-order chi connectivity index (χ1) is 15.5. The zero-order chi connectivity index (χ0) is 22.5. The minimum atomic E-state index is 0.470. The van der Waals surface area contributed by atoms with E-state index in [1.165, 1.54) is 85.6 Å². The first-order valence-corrected chi connectivity index (χ1v) is 12.9. The molecule has 2 aliphatic carbocycles. The molecule has 3 nitrogen and oxygen atoms in total. The minimum Gasteiger partial charge on any atom is -0.328 e. The summed E-state index contributed by atoms with van der Waals surface area (Å²) in [4.78, 5) is 6.99. The van der Waals surface area contributed by atoms with Gasteiger partial charge in [0.05, 0.1) is 0 Å². The van der Waals surface area contributed by atoms with E-state index in [9.17, 15) is 0 Å². The van der Waals surface area contributed by atoms with E-state index < -0.39 is 0 Å². The first kappa shape index (κ1) is 23.4. The molecule has 0 spiro atoms. The van der Waals surface area contributed by atoms with Crippen LogP contribution in [-0.4, -0.2) is 22.0 Å². The van der Waals surface area contributed by atoms with Crippen LogP contribution in [0, 0.1) is 32.6 Å². The van der Waals surface area contributed by atoms with Gasteiger partial charge >= 0.3 is 0 Å². The zero-order valence-corrected chi connectivity index (χ0v) is 20.5. The van der Waals surface area contributed by atoms with Crippen LogP contribution in [0.25, 0.3) is 0 Å². The van der Waals surface area contributed by atoms with E-state index >= 15 is 0 Å². The molecule has 2 fully saturated rings. The van der Waals surface area contributed by atoms with Gasteiger partial charge in [0.15, 0.2) is 0 Å².